The van der Waals surface area contributed by atoms with Crippen LogP contribution >= 0.6 is 11.3 Å². The Morgan fingerprint density at radius 3 is 2.88 bits per heavy atom. The summed E-state index contributed by atoms with van der Waals surface area (Å²) in [5.74, 6) is -0.656. The van der Waals surface area contributed by atoms with Crippen LogP contribution in [0.3, 0.4) is 0 Å². The second kappa shape index (κ2) is 4.90. The highest BCUT2D eigenvalue weighted by Crippen LogP contribution is 2.08. The van der Waals surface area contributed by atoms with E-state index in [2.05, 4.69) is 5.32 Å². The maximum absolute atomic E-state index is 12.9. The molecule has 0 atom stereocenters. The number of hydrogen-bond acceptors (Lipinski definition) is 2. The molecule has 0 spiro atoms. The largest absolute Gasteiger partial charge is 0.347 e. The first-order valence-electron chi connectivity index (χ1n) is 4.82. The molecule has 0 bridgehead atoms. The molecule has 1 N–H and O–H groups in total. The van der Waals surface area contributed by atoms with Gasteiger partial charge in [0.2, 0.25) is 0 Å². The minimum absolute atomic E-state index is 0.257. The van der Waals surface area contributed by atoms with E-state index < -0.39 is 5.82 Å². The van der Waals surface area contributed by atoms with E-state index in [4.69, 9.17) is 0 Å². The minimum atomic E-state index is -0.399. The zero-order valence-electron chi connectivity index (χ0n) is 8.44. The van der Waals surface area contributed by atoms with Gasteiger partial charge in [-0.25, -0.2) is 4.39 Å². The predicted octanol–water partition coefficient (Wildman–Crippen LogP) is 2.82. The Kier molecular flexibility index (Phi) is 3.31. The lowest BCUT2D eigenvalue weighted by molar-refractivity contribution is 0.0951. The lowest BCUT2D eigenvalue weighted by Gasteiger charge is -2.03. The van der Waals surface area contributed by atoms with Crippen molar-refractivity contribution in [1.29, 1.82) is 0 Å². The first-order chi connectivity index (χ1) is 7.75. The Morgan fingerprint density at radius 1 is 1.31 bits per heavy atom. The van der Waals surface area contributed by atoms with Crippen molar-refractivity contribution in [2.24, 2.45) is 0 Å². The number of benzene rings is 1. The molecule has 2 aromatic rings. The SMILES string of the molecule is O=C(NCc1cccs1)c1cccc(F)c1. The van der Waals surface area contributed by atoms with E-state index in [9.17, 15) is 9.18 Å². The number of halogens is 1. The van der Waals surface area contributed by atoms with Crippen LogP contribution in [0.1, 0.15) is 15.2 Å². The average molecular weight is 235 g/mol. The van der Waals surface area contributed by atoms with Gasteiger partial charge in [-0.3, -0.25) is 4.79 Å². The van der Waals surface area contributed by atoms with Crippen molar-refractivity contribution in [1.82, 2.24) is 5.32 Å². The topological polar surface area (TPSA) is 29.1 Å². The van der Waals surface area contributed by atoms with Crippen LogP contribution in [0.5, 0.6) is 0 Å². The van der Waals surface area contributed by atoms with Gasteiger partial charge in [0.15, 0.2) is 0 Å². The number of amides is 1. The molecule has 1 heterocycles. The second-order valence-corrected chi connectivity index (χ2v) is 4.30. The number of rotatable bonds is 3. The van der Waals surface area contributed by atoms with Gasteiger partial charge in [-0.15, -0.1) is 11.3 Å². The number of nitrogens with one attached hydrogen (secondary N) is 1. The standard InChI is InChI=1S/C12H10FNOS/c13-10-4-1-3-9(7-10)12(15)14-8-11-5-2-6-16-11/h1-7H,8H2,(H,14,15). The molecule has 0 aliphatic carbocycles. The van der Waals surface area contributed by atoms with Crippen LogP contribution in [0.4, 0.5) is 4.39 Å². The van der Waals surface area contributed by atoms with E-state index in [1.54, 1.807) is 17.4 Å². The molecule has 0 aliphatic rings. The first kappa shape index (κ1) is 10.8. The van der Waals surface area contributed by atoms with Crippen LogP contribution in [-0.4, -0.2) is 5.91 Å². The number of thiophene rings is 1. The van der Waals surface area contributed by atoms with Crippen LogP contribution in [0.15, 0.2) is 41.8 Å². The summed E-state index contributed by atoms with van der Waals surface area (Å²) in [6.45, 7) is 0.479. The summed E-state index contributed by atoms with van der Waals surface area (Å²) < 4.78 is 12.9. The number of hydrogen-bond donors (Lipinski definition) is 1. The summed E-state index contributed by atoms with van der Waals surface area (Å²) in [5.41, 5.74) is 0.344. The van der Waals surface area contributed by atoms with Gasteiger partial charge in [0.25, 0.3) is 5.91 Å². The van der Waals surface area contributed by atoms with Gasteiger partial charge in [0.1, 0.15) is 5.82 Å². The maximum atomic E-state index is 12.9. The zero-order valence-corrected chi connectivity index (χ0v) is 9.26. The van der Waals surface area contributed by atoms with E-state index in [0.717, 1.165) is 4.88 Å². The molecule has 0 aliphatic heterocycles. The molecular weight excluding hydrogens is 225 g/mol. The van der Waals surface area contributed by atoms with E-state index in [1.165, 1.54) is 18.2 Å². The molecule has 2 nitrogen and oxygen atoms in total. The van der Waals surface area contributed by atoms with Gasteiger partial charge in [-0.1, -0.05) is 12.1 Å². The summed E-state index contributed by atoms with van der Waals surface area (Å²) in [4.78, 5) is 12.7. The van der Waals surface area contributed by atoms with Crippen molar-refractivity contribution < 1.29 is 9.18 Å². The first-order valence-corrected chi connectivity index (χ1v) is 5.70. The Bertz CT molecular complexity index is 482. The number of carbonyl (C=O) groups excluding carboxylic acids is 1. The van der Waals surface area contributed by atoms with Crippen LogP contribution in [0, 0.1) is 5.82 Å². The summed E-state index contributed by atoms with van der Waals surface area (Å²) in [7, 11) is 0. The van der Waals surface area contributed by atoms with Crippen molar-refractivity contribution in [3.8, 4) is 0 Å². The van der Waals surface area contributed by atoms with Crippen LogP contribution in [-0.2, 0) is 6.54 Å². The van der Waals surface area contributed by atoms with E-state index in [0.29, 0.717) is 12.1 Å². The third-order valence-corrected chi connectivity index (χ3v) is 2.97. The van der Waals surface area contributed by atoms with Crippen molar-refractivity contribution >= 4 is 17.2 Å². The highest BCUT2D eigenvalue weighted by Gasteiger charge is 2.05. The summed E-state index contributed by atoms with van der Waals surface area (Å²) in [6, 6.07) is 9.52. The quantitative estimate of drug-likeness (QED) is 0.870. The third kappa shape index (κ3) is 2.67. The van der Waals surface area contributed by atoms with Gasteiger partial charge in [0, 0.05) is 10.4 Å². The molecule has 16 heavy (non-hydrogen) atoms. The lowest BCUT2D eigenvalue weighted by atomic mass is 10.2. The lowest BCUT2D eigenvalue weighted by Crippen LogP contribution is -2.22. The zero-order chi connectivity index (χ0) is 11.4. The van der Waals surface area contributed by atoms with Crippen LogP contribution in [0.2, 0.25) is 0 Å². The second-order valence-electron chi connectivity index (χ2n) is 3.27. The number of carbonyl (C=O) groups is 1. The molecule has 2 rings (SSSR count). The average Bonchev–Trinajstić information content (AvgIpc) is 2.78. The molecule has 0 unspecified atom stereocenters. The molecular formula is C12H10FNOS. The fraction of sp³-hybridized carbons (Fsp3) is 0.0833. The molecule has 1 aromatic carbocycles. The molecule has 1 aromatic heterocycles. The molecule has 1 amide bonds. The van der Waals surface area contributed by atoms with Gasteiger partial charge >= 0.3 is 0 Å². The smallest absolute Gasteiger partial charge is 0.251 e. The highest BCUT2D eigenvalue weighted by molar-refractivity contribution is 7.09. The van der Waals surface area contributed by atoms with Gasteiger partial charge in [0.05, 0.1) is 6.54 Å². The summed E-state index contributed by atoms with van der Waals surface area (Å²) in [6.07, 6.45) is 0. The van der Waals surface area contributed by atoms with Crippen LogP contribution in [0.25, 0.3) is 0 Å². The highest BCUT2D eigenvalue weighted by atomic mass is 32.1. The molecule has 0 saturated heterocycles. The summed E-state index contributed by atoms with van der Waals surface area (Å²) in [5, 5.41) is 4.68. The van der Waals surface area contributed by atoms with Crippen molar-refractivity contribution in [3.05, 3.63) is 58.0 Å². The fourth-order valence-corrected chi connectivity index (χ4v) is 1.96. The van der Waals surface area contributed by atoms with Crippen LogP contribution < -0.4 is 5.32 Å². The Hall–Kier alpha value is -1.68. The minimum Gasteiger partial charge on any atom is -0.347 e. The van der Waals surface area contributed by atoms with E-state index in [1.807, 2.05) is 17.5 Å². The van der Waals surface area contributed by atoms with E-state index in [-0.39, 0.29) is 5.91 Å². The normalized spacial score (nSPS) is 10.1. The molecule has 0 fully saturated rings. The molecule has 4 heteroatoms. The monoisotopic (exact) mass is 235 g/mol. The molecule has 0 saturated carbocycles. The van der Waals surface area contributed by atoms with Gasteiger partial charge in [-0.05, 0) is 29.6 Å². The van der Waals surface area contributed by atoms with Gasteiger partial charge in [-0.2, -0.15) is 0 Å². The van der Waals surface area contributed by atoms with E-state index >= 15 is 0 Å². The Labute approximate surface area is 96.7 Å². The predicted molar refractivity (Wildman–Crippen MR) is 61.9 cm³/mol. The van der Waals surface area contributed by atoms with Crippen molar-refractivity contribution in [2.45, 2.75) is 6.54 Å². The van der Waals surface area contributed by atoms with Crippen molar-refractivity contribution in [3.63, 3.8) is 0 Å². The maximum Gasteiger partial charge on any atom is 0.251 e. The summed E-state index contributed by atoms with van der Waals surface area (Å²) >= 11 is 1.57. The van der Waals surface area contributed by atoms with Crippen molar-refractivity contribution in [2.75, 3.05) is 0 Å². The third-order valence-electron chi connectivity index (χ3n) is 2.09. The fourth-order valence-electron chi connectivity index (χ4n) is 1.31. The Balaban J connectivity index is 1.98. The Morgan fingerprint density at radius 2 is 2.19 bits per heavy atom. The van der Waals surface area contributed by atoms with Gasteiger partial charge < -0.3 is 5.32 Å². The molecule has 0 radical (unpaired) electrons. The molecule has 82 valence electrons.